The maximum Gasteiger partial charge on any atom is 0.237 e. The Morgan fingerprint density at radius 3 is 2.67 bits per heavy atom. The van der Waals surface area contributed by atoms with E-state index in [2.05, 4.69) is 32.2 Å². The zero-order valence-electron chi connectivity index (χ0n) is 18.0. The first-order valence-corrected chi connectivity index (χ1v) is 11.6. The van der Waals surface area contributed by atoms with Crippen LogP contribution in [0.2, 0.25) is 5.02 Å². The number of nitrogens with zero attached hydrogens (tertiary/aromatic N) is 2. The van der Waals surface area contributed by atoms with Gasteiger partial charge in [0.25, 0.3) is 0 Å². The number of aromatic nitrogens is 1. The van der Waals surface area contributed by atoms with Crippen molar-refractivity contribution in [3.63, 3.8) is 0 Å². The van der Waals surface area contributed by atoms with E-state index in [1.807, 2.05) is 13.0 Å². The highest BCUT2D eigenvalue weighted by molar-refractivity contribution is 8.00. The molecule has 2 unspecified atom stereocenters. The van der Waals surface area contributed by atoms with Gasteiger partial charge in [0.15, 0.2) is 0 Å². The number of pyridine rings is 1. The minimum Gasteiger partial charge on any atom is -0.325 e. The number of anilines is 1. The molecule has 30 heavy (non-hydrogen) atoms. The number of rotatable bonds is 5. The highest BCUT2D eigenvalue weighted by atomic mass is 35.5. The van der Waals surface area contributed by atoms with Gasteiger partial charge >= 0.3 is 0 Å². The number of halogens is 1. The molecule has 2 aromatic rings. The van der Waals surface area contributed by atoms with Crippen LogP contribution in [0.3, 0.4) is 0 Å². The van der Waals surface area contributed by atoms with E-state index < -0.39 is 0 Å². The summed E-state index contributed by atoms with van der Waals surface area (Å²) >= 11 is 7.29. The second kappa shape index (κ2) is 9.41. The molecule has 158 valence electrons. The van der Waals surface area contributed by atoms with Gasteiger partial charge in [0.1, 0.15) is 11.1 Å². The molecule has 1 aliphatic carbocycles. The number of nitrogens with one attached hydrogen (secondary N) is 1. The quantitative estimate of drug-likeness (QED) is 0.555. The lowest BCUT2D eigenvalue weighted by molar-refractivity contribution is -0.115. The molecule has 1 aliphatic rings. The largest absolute Gasteiger partial charge is 0.325 e. The van der Waals surface area contributed by atoms with Crippen LogP contribution in [0.25, 0.3) is 0 Å². The van der Waals surface area contributed by atoms with Crippen LogP contribution >= 0.6 is 23.4 Å². The molecule has 3 rings (SSSR count). The summed E-state index contributed by atoms with van der Waals surface area (Å²) in [5.74, 6) is 0.492. The lowest BCUT2D eigenvalue weighted by Crippen LogP contribution is -2.28. The lowest BCUT2D eigenvalue weighted by atomic mass is 9.71. The van der Waals surface area contributed by atoms with Gasteiger partial charge in [0.2, 0.25) is 5.91 Å². The van der Waals surface area contributed by atoms with Crippen LogP contribution in [0.1, 0.15) is 57.4 Å². The number of hydrogen-bond acceptors (Lipinski definition) is 4. The van der Waals surface area contributed by atoms with Gasteiger partial charge < -0.3 is 5.32 Å². The Balaban J connectivity index is 1.78. The van der Waals surface area contributed by atoms with E-state index >= 15 is 0 Å². The molecule has 6 heteroatoms. The van der Waals surface area contributed by atoms with Crippen molar-refractivity contribution in [2.24, 2.45) is 11.3 Å². The highest BCUT2D eigenvalue weighted by Gasteiger charge is 2.30. The molecule has 0 saturated heterocycles. The molecule has 0 bridgehead atoms. The average Bonchev–Trinajstić information content (AvgIpc) is 2.71. The van der Waals surface area contributed by atoms with Crippen molar-refractivity contribution in [2.45, 2.75) is 63.7 Å². The molecule has 0 saturated carbocycles. The monoisotopic (exact) mass is 441 g/mol. The van der Waals surface area contributed by atoms with Crippen molar-refractivity contribution in [2.75, 3.05) is 5.32 Å². The number of thioether (sulfide) groups is 1. The second-order valence-electron chi connectivity index (χ2n) is 8.88. The van der Waals surface area contributed by atoms with Crippen molar-refractivity contribution in [3.8, 4) is 6.07 Å². The molecule has 1 amide bonds. The van der Waals surface area contributed by atoms with Crippen molar-refractivity contribution < 1.29 is 4.79 Å². The number of carbonyl (C=O) groups excluding carboxylic acids is 1. The summed E-state index contributed by atoms with van der Waals surface area (Å²) in [7, 11) is 0. The van der Waals surface area contributed by atoms with E-state index in [1.54, 1.807) is 24.3 Å². The molecular formula is C24H28ClN3OS. The molecule has 0 radical (unpaired) electrons. The lowest BCUT2D eigenvalue weighted by Gasteiger charge is -2.34. The molecule has 1 N–H and O–H groups in total. The van der Waals surface area contributed by atoms with E-state index in [4.69, 9.17) is 16.6 Å². The summed E-state index contributed by atoms with van der Waals surface area (Å²) in [4.78, 5) is 17.6. The summed E-state index contributed by atoms with van der Waals surface area (Å²) in [6, 6.07) is 11.3. The fourth-order valence-corrected chi connectivity index (χ4v) is 4.89. The zero-order chi connectivity index (χ0) is 21.9. The molecule has 0 aliphatic heterocycles. The van der Waals surface area contributed by atoms with Gasteiger partial charge in [-0.25, -0.2) is 4.98 Å². The Kier molecular flexibility index (Phi) is 7.10. The van der Waals surface area contributed by atoms with Crippen LogP contribution in [-0.2, 0) is 17.6 Å². The molecule has 2 atom stereocenters. The molecule has 1 heterocycles. The fourth-order valence-electron chi connectivity index (χ4n) is 3.77. The van der Waals surface area contributed by atoms with Crippen LogP contribution < -0.4 is 5.32 Å². The van der Waals surface area contributed by atoms with E-state index in [0.29, 0.717) is 33.6 Å². The summed E-state index contributed by atoms with van der Waals surface area (Å²) in [5, 5.41) is 13.6. The van der Waals surface area contributed by atoms with Crippen LogP contribution in [0.4, 0.5) is 5.69 Å². The number of amides is 1. The predicted molar refractivity (Wildman–Crippen MR) is 124 cm³/mol. The normalized spacial score (nSPS) is 17.0. The zero-order valence-corrected chi connectivity index (χ0v) is 19.5. The molecule has 1 aromatic carbocycles. The van der Waals surface area contributed by atoms with Crippen LogP contribution in [-0.4, -0.2) is 16.1 Å². The van der Waals surface area contributed by atoms with Gasteiger partial charge in [-0.1, -0.05) is 51.1 Å². The fraction of sp³-hybridized carbons (Fsp3) is 0.458. The number of benzene rings is 1. The minimum atomic E-state index is -0.329. The highest BCUT2D eigenvalue weighted by Crippen LogP contribution is 2.38. The maximum atomic E-state index is 12.8. The molecule has 0 spiro atoms. The number of hydrogen-bond donors (Lipinski definition) is 1. The number of carbonyl (C=O) groups is 1. The standard InChI is InChI=1S/C24H28ClN3OS/c1-5-21(22(29)27-19-9-7-18(25)8-10-19)30-23-16(14-26)12-15-13-17(24(2,3)4)6-11-20(15)28-23/h7-10,12,17,21H,5-6,11,13H2,1-4H3,(H,27,29). The van der Waals surface area contributed by atoms with Gasteiger partial charge in [-0.2, -0.15) is 5.26 Å². The summed E-state index contributed by atoms with van der Waals surface area (Å²) in [5.41, 5.74) is 3.76. The van der Waals surface area contributed by atoms with Gasteiger partial charge in [0, 0.05) is 16.4 Å². The Labute approximate surface area is 188 Å². The minimum absolute atomic E-state index is 0.0963. The molecule has 1 aromatic heterocycles. The van der Waals surface area contributed by atoms with Gasteiger partial charge in [-0.05, 0) is 72.9 Å². The van der Waals surface area contributed by atoms with Crippen molar-refractivity contribution in [1.29, 1.82) is 5.26 Å². The summed E-state index contributed by atoms with van der Waals surface area (Å²) in [6.07, 6.45) is 3.62. The maximum absolute atomic E-state index is 12.8. The average molecular weight is 442 g/mol. The number of aryl methyl sites for hydroxylation is 1. The van der Waals surface area contributed by atoms with E-state index in [0.717, 1.165) is 25.0 Å². The Hall–Kier alpha value is -2.03. The van der Waals surface area contributed by atoms with Gasteiger partial charge in [-0.3, -0.25) is 4.79 Å². The Morgan fingerprint density at radius 2 is 2.07 bits per heavy atom. The summed E-state index contributed by atoms with van der Waals surface area (Å²) < 4.78 is 0. The van der Waals surface area contributed by atoms with Crippen LogP contribution in [0.5, 0.6) is 0 Å². The van der Waals surface area contributed by atoms with Crippen LogP contribution in [0, 0.1) is 22.7 Å². The number of fused-ring (bicyclic) bond motifs is 1. The van der Waals surface area contributed by atoms with Crippen LogP contribution in [0.15, 0.2) is 35.4 Å². The SMILES string of the molecule is CCC(Sc1nc2c(cc1C#N)CC(C(C)(C)C)CC2)C(=O)Nc1ccc(Cl)cc1. The summed E-state index contributed by atoms with van der Waals surface area (Å²) in [6.45, 7) is 8.79. The first-order valence-electron chi connectivity index (χ1n) is 10.4. The molecular weight excluding hydrogens is 414 g/mol. The smallest absolute Gasteiger partial charge is 0.237 e. The van der Waals surface area contributed by atoms with Gasteiger partial charge in [0.05, 0.1) is 10.8 Å². The van der Waals surface area contributed by atoms with Crippen molar-refractivity contribution in [3.05, 3.63) is 52.2 Å². The first-order chi connectivity index (χ1) is 14.2. The molecule has 4 nitrogen and oxygen atoms in total. The third kappa shape index (κ3) is 5.36. The predicted octanol–water partition coefficient (Wildman–Crippen LogP) is 6.27. The third-order valence-corrected chi connectivity index (χ3v) is 7.34. The van der Waals surface area contributed by atoms with E-state index in [9.17, 15) is 10.1 Å². The van der Waals surface area contributed by atoms with Crippen molar-refractivity contribution >= 4 is 35.0 Å². The van der Waals surface area contributed by atoms with E-state index in [1.165, 1.54) is 17.3 Å². The van der Waals surface area contributed by atoms with Gasteiger partial charge in [-0.15, -0.1) is 0 Å². The van der Waals surface area contributed by atoms with E-state index in [-0.39, 0.29) is 16.6 Å². The Bertz CT molecular complexity index is 960. The Morgan fingerprint density at radius 1 is 1.37 bits per heavy atom. The first kappa shape index (κ1) is 22.7. The van der Waals surface area contributed by atoms with Crippen molar-refractivity contribution in [1.82, 2.24) is 4.98 Å². The molecule has 0 fully saturated rings. The third-order valence-electron chi connectivity index (χ3n) is 5.73. The second-order valence-corrected chi connectivity index (χ2v) is 10.5. The topological polar surface area (TPSA) is 65.8 Å². The number of nitriles is 1.